The third-order valence-electron chi connectivity index (χ3n) is 4.49. The van der Waals surface area contributed by atoms with Crippen LogP contribution in [0.5, 0.6) is 0 Å². The highest BCUT2D eigenvalue weighted by Gasteiger charge is 2.31. The first-order valence-electron chi connectivity index (χ1n) is 8.42. The number of guanidine groups is 2. The molecular weight excluding hydrogens is 338 g/mol. The van der Waals surface area contributed by atoms with Crippen molar-refractivity contribution in [3.63, 3.8) is 0 Å². The van der Waals surface area contributed by atoms with E-state index in [-0.39, 0.29) is 0 Å². The first kappa shape index (κ1) is 15.3. The van der Waals surface area contributed by atoms with E-state index in [4.69, 9.17) is 11.5 Å². The van der Waals surface area contributed by atoms with Crippen LogP contribution in [-0.4, -0.2) is 28.9 Å². The van der Waals surface area contributed by atoms with E-state index in [2.05, 4.69) is 20.0 Å². The van der Waals surface area contributed by atoms with Crippen LogP contribution in [0.2, 0.25) is 0 Å². The predicted molar refractivity (Wildman–Crippen MR) is 110 cm³/mol. The van der Waals surface area contributed by atoms with E-state index < -0.39 is 0 Å². The second-order valence-electron chi connectivity index (χ2n) is 6.19. The van der Waals surface area contributed by atoms with Crippen molar-refractivity contribution in [2.75, 3.05) is 11.5 Å². The molecule has 0 unspecified atom stereocenters. The van der Waals surface area contributed by atoms with Crippen molar-refractivity contribution in [3.05, 3.63) is 77.5 Å². The van der Waals surface area contributed by atoms with Crippen molar-refractivity contribution in [1.82, 2.24) is 4.90 Å². The maximum absolute atomic E-state index is 6.14. The van der Waals surface area contributed by atoms with Crippen LogP contribution in [0.1, 0.15) is 11.1 Å². The minimum atomic E-state index is 0.510. The Hall–Kier alpha value is -4.00. The van der Waals surface area contributed by atoms with Crippen LogP contribution < -0.4 is 11.5 Å². The number of rotatable bonds is 2. The molecule has 2 aromatic rings. The maximum Gasteiger partial charge on any atom is 0.239 e. The van der Waals surface area contributed by atoms with Gasteiger partial charge in [-0.15, -0.1) is 0 Å². The molecule has 0 radical (unpaired) electrons. The summed E-state index contributed by atoms with van der Waals surface area (Å²) < 4.78 is 0. The second kappa shape index (κ2) is 5.77. The summed E-state index contributed by atoms with van der Waals surface area (Å²) >= 11 is 0. The van der Waals surface area contributed by atoms with Gasteiger partial charge in [-0.3, -0.25) is 0 Å². The van der Waals surface area contributed by atoms with Gasteiger partial charge in [0.05, 0.1) is 17.1 Å². The van der Waals surface area contributed by atoms with E-state index in [0.29, 0.717) is 23.3 Å². The van der Waals surface area contributed by atoms with E-state index in [0.717, 1.165) is 28.2 Å². The molecule has 0 bridgehead atoms. The molecule has 2 aromatic carbocycles. The summed E-state index contributed by atoms with van der Waals surface area (Å²) in [5.41, 5.74) is 17.7. The Bertz CT molecular complexity index is 1100. The monoisotopic (exact) mass is 353 g/mol. The van der Waals surface area contributed by atoms with Crippen LogP contribution in [0.15, 0.2) is 86.3 Å². The summed E-state index contributed by atoms with van der Waals surface area (Å²) in [5.74, 6) is 1.02. The van der Waals surface area contributed by atoms with Gasteiger partial charge in [-0.05, 0) is 24.3 Å². The van der Waals surface area contributed by atoms with E-state index >= 15 is 0 Å². The average molecular weight is 353 g/mol. The van der Waals surface area contributed by atoms with Crippen LogP contribution in [0, 0.1) is 0 Å². The van der Waals surface area contributed by atoms with Crippen molar-refractivity contribution >= 4 is 41.0 Å². The molecule has 0 aromatic heterocycles. The first-order valence-corrected chi connectivity index (χ1v) is 8.42. The lowest BCUT2D eigenvalue weighted by Gasteiger charge is -2.31. The molecule has 5 rings (SSSR count). The van der Waals surface area contributed by atoms with Gasteiger partial charge in [0.1, 0.15) is 6.34 Å². The molecule has 7 nitrogen and oxygen atoms in total. The first-order chi connectivity index (χ1) is 13.2. The third-order valence-corrected chi connectivity index (χ3v) is 4.49. The van der Waals surface area contributed by atoms with Crippen molar-refractivity contribution in [2.24, 2.45) is 20.0 Å². The van der Waals surface area contributed by atoms with Gasteiger partial charge in [-0.2, -0.15) is 0 Å². The Morgan fingerprint density at radius 2 is 1.44 bits per heavy atom. The molecule has 3 aliphatic heterocycles. The largest absolute Gasteiger partial charge is 0.398 e. The van der Waals surface area contributed by atoms with Gasteiger partial charge < -0.3 is 11.5 Å². The fourth-order valence-corrected chi connectivity index (χ4v) is 3.19. The molecule has 3 aliphatic rings. The maximum atomic E-state index is 6.14. The molecule has 7 heteroatoms. The highest BCUT2D eigenvalue weighted by atomic mass is 15.4. The lowest BCUT2D eigenvalue weighted by molar-refractivity contribution is 0.738. The average Bonchev–Trinajstić information content (AvgIpc) is 2.68. The smallest absolute Gasteiger partial charge is 0.239 e. The SMILES string of the molecule is Nc1ccccc1C1=CC2=CC(c3ccccc3N)=NC3=NC=NC(=N1)N23. The van der Waals surface area contributed by atoms with E-state index in [1.54, 1.807) is 0 Å². The van der Waals surface area contributed by atoms with Gasteiger partial charge >= 0.3 is 0 Å². The topological polar surface area (TPSA) is 105 Å². The minimum Gasteiger partial charge on any atom is -0.398 e. The molecule has 0 amide bonds. The second-order valence-corrected chi connectivity index (χ2v) is 6.19. The van der Waals surface area contributed by atoms with Gasteiger partial charge in [-0.25, -0.2) is 24.9 Å². The van der Waals surface area contributed by atoms with Crippen LogP contribution >= 0.6 is 0 Å². The molecule has 0 atom stereocenters. The summed E-state index contributed by atoms with van der Waals surface area (Å²) in [6.07, 6.45) is 5.37. The summed E-state index contributed by atoms with van der Waals surface area (Å²) in [7, 11) is 0. The van der Waals surface area contributed by atoms with Crippen LogP contribution in [0.4, 0.5) is 11.4 Å². The molecular formula is C20H15N7. The molecule has 0 aliphatic carbocycles. The summed E-state index contributed by atoms with van der Waals surface area (Å²) in [6, 6.07) is 15.2. The van der Waals surface area contributed by atoms with E-state index in [9.17, 15) is 0 Å². The minimum absolute atomic E-state index is 0.510. The van der Waals surface area contributed by atoms with Gasteiger partial charge in [-0.1, -0.05) is 36.4 Å². The number of anilines is 2. The van der Waals surface area contributed by atoms with E-state index in [1.165, 1.54) is 6.34 Å². The van der Waals surface area contributed by atoms with Crippen molar-refractivity contribution in [2.45, 2.75) is 0 Å². The van der Waals surface area contributed by atoms with Gasteiger partial charge in [0.25, 0.3) is 0 Å². The van der Waals surface area contributed by atoms with Gasteiger partial charge in [0, 0.05) is 22.5 Å². The summed E-state index contributed by atoms with van der Waals surface area (Å²) in [6.45, 7) is 0. The number of nitrogens with two attached hydrogens (primary N) is 2. The van der Waals surface area contributed by atoms with Crippen LogP contribution in [0.25, 0.3) is 5.70 Å². The lowest BCUT2D eigenvalue weighted by atomic mass is 10.0. The van der Waals surface area contributed by atoms with E-state index in [1.807, 2.05) is 65.6 Å². The number of nitrogens with zero attached hydrogens (tertiary/aromatic N) is 5. The van der Waals surface area contributed by atoms with Crippen LogP contribution in [0.3, 0.4) is 0 Å². The Balaban J connectivity index is 1.68. The Kier molecular flexibility index (Phi) is 3.26. The standard InChI is InChI=1S/C20H15N7/c21-15-7-3-1-5-13(15)17-9-12-10-18(14-6-2-4-8-16(14)22)26-20-24-11-23-19(25-17)27(12)20/h1-11H,21-22H2. The fourth-order valence-electron chi connectivity index (χ4n) is 3.19. The molecule has 4 N–H and O–H groups in total. The number of para-hydroxylation sites is 2. The zero-order valence-corrected chi connectivity index (χ0v) is 14.2. The molecule has 0 spiro atoms. The quantitative estimate of drug-likeness (QED) is 0.811. The number of allylic oxidation sites excluding steroid dienone is 2. The summed E-state index contributed by atoms with van der Waals surface area (Å²) in [4.78, 5) is 19.7. The Morgan fingerprint density at radius 3 is 2.19 bits per heavy atom. The van der Waals surface area contributed by atoms with Crippen LogP contribution in [-0.2, 0) is 0 Å². The van der Waals surface area contributed by atoms with Crippen molar-refractivity contribution in [3.8, 4) is 0 Å². The summed E-state index contributed by atoms with van der Waals surface area (Å²) in [5, 5.41) is 0. The fraction of sp³-hybridized carbons (Fsp3) is 0. The highest BCUT2D eigenvalue weighted by Crippen LogP contribution is 2.32. The number of hydrogen-bond acceptors (Lipinski definition) is 7. The molecule has 0 saturated heterocycles. The number of benzene rings is 2. The highest BCUT2D eigenvalue weighted by molar-refractivity contribution is 6.23. The van der Waals surface area contributed by atoms with Crippen molar-refractivity contribution in [1.29, 1.82) is 0 Å². The molecule has 130 valence electrons. The van der Waals surface area contributed by atoms with Gasteiger partial charge in [0.15, 0.2) is 0 Å². The number of aliphatic imine (C=N–C) groups is 4. The normalized spacial score (nSPS) is 17.3. The third kappa shape index (κ3) is 2.44. The number of nitrogen functional groups attached to an aromatic ring is 2. The number of hydrogen-bond donors (Lipinski definition) is 2. The molecule has 0 saturated carbocycles. The van der Waals surface area contributed by atoms with Crippen molar-refractivity contribution < 1.29 is 0 Å². The lowest BCUT2D eigenvalue weighted by Crippen LogP contribution is -2.40. The Morgan fingerprint density at radius 1 is 0.741 bits per heavy atom. The zero-order chi connectivity index (χ0) is 18.4. The molecule has 3 heterocycles. The Labute approximate surface area is 155 Å². The molecule has 27 heavy (non-hydrogen) atoms. The molecule has 0 fully saturated rings. The zero-order valence-electron chi connectivity index (χ0n) is 14.2. The predicted octanol–water partition coefficient (Wildman–Crippen LogP) is 2.65. The van der Waals surface area contributed by atoms with Gasteiger partial charge in [0.2, 0.25) is 11.9 Å².